The lowest BCUT2D eigenvalue weighted by molar-refractivity contribution is -0.223. The van der Waals surface area contributed by atoms with Crippen LogP contribution in [0.2, 0.25) is 0 Å². The summed E-state index contributed by atoms with van der Waals surface area (Å²) < 4.78 is 30.0. The third-order valence-electron chi connectivity index (χ3n) is 5.81. The highest BCUT2D eigenvalue weighted by Crippen LogP contribution is 2.40. The highest BCUT2D eigenvalue weighted by Gasteiger charge is 2.57. The second-order valence-corrected chi connectivity index (χ2v) is 8.81. The molecule has 2 aromatic carbocycles. The molecule has 0 aliphatic carbocycles. The highest BCUT2D eigenvalue weighted by atomic mass is 16.8. The molecule has 2 aliphatic rings. The van der Waals surface area contributed by atoms with Crippen LogP contribution in [0.3, 0.4) is 0 Å². The van der Waals surface area contributed by atoms with E-state index in [2.05, 4.69) is 5.32 Å². The Kier molecular flexibility index (Phi) is 7.78. The summed E-state index contributed by atoms with van der Waals surface area (Å²) in [6.45, 7) is 6.84. The monoisotopic (exact) mass is 455 g/mol. The van der Waals surface area contributed by atoms with Crippen LogP contribution in [-0.2, 0) is 41.6 Å². The van der Waals surface area contributed by atoms with E-state index in [9.17, 15) is 4.79 Å². The third kappa shape index (κ3) is 6.19. The molecule has 7 heteroatoms. The Morgan fingerprint density at radius 2 is 1.70 bits per heavy atom. The van der Waals surface area contributed by atoms with Gasteiger partial charge < -0.3 is 29.0 Å². The maximum absolute atomic E-state index is 12.4. The van der Waals surface area contributed by atoms with E-state index in [0.717, 1.165) is 11.1 Å². The topological polar surface area (TPSA) is 75.3 Å². The van der Waals surface area contributed by atoms with Crippen LogP contribution in [0.5, 0.6) is 0 Å². The Labute approximate surface area is 195 Å². The first kappa shape index (κ1) is 23.9. The smallest absolute Gasteiger partial charge is 0.307 e. The molecule has 2 heterocycles. The second-order valence-electron chi connectivity index (χ2n) is 8.81. The molecule has 4 rings (SSSR count). The molecule has 2 aliphatic heterocycles. The van der Waals surface area contributed by atoms with E-state index in [1.807, 2.05) is 74.5 Å². The van der Waals surface area contributed by atoms with E-state index in [1.165, 1.54) is 0 Å². The predicted molar refractivity (Wildman–Crippen MR) is 122 cm³/mol. The zero-order valence-corrected chi connectivity index (χ0v) is 19.4. The molecule has 5 atom stereocenters. The van der Waals surface area contributed by atoms with Crippen LogP contribution in [0.1, 0.15) is 38.3 Å². The van der Waals surface area contributed by atoms with E-state index in [4.69, 9.17) is 23.7 Å². The number of esters is 1. The Bertz CT molecular complexity index is 890. The number of benzene rings is 2. The molecular formula is C26H33NO6. The summed E-state index contributed by atoms with van der Waals surface area (Å²) >= 11 is 0. The fraction of sp³-hybridized carbons (Fsp3) is 0.500. The summed E-state index contributed by atoms with van der Waals surface area (Å²) in [5.41, 5.74) is 2.16. The molecule has 1 N–H and O–H groups in total. The van der Waals surface area contributed by atoms with Gasteiger partial charge in [-0.1, -0.05) is 60.7 Å². The standard InChI is InChI=1S/C26H33NO6/c1-4-29-21(28)15-20(27-16-18-11-7-5-8-12-18)22-23(30-17-19-13-9-6-10-14-19)24-25(31-22)33-26(2,3)32-24/h5-14,20,22-25,27H,4,15-17H2,1-3H3/t20-,22-,23+,24-,25-/m1/s1. The van der Waals surface area contributed by atoms with Gasteiger partial charge in [-0.2, -0.15) is 0 Å². The number of ether oxygens (including phenoxy) is 5. The normalized spacial score (nSPS) is 26.6. The van der Waals surface area contributed by atoms with Crippen molar-refractivity contribution in [3.8, 4) is 0 Å². The van der Waals surface area contributed by atoms with Crippen molar-refractivity contribution in [2.24, 2.45) is 0 Å². The van der Waals surface area contributed by atoms with Crippen molar-refractivity contribution in [1.82, 2.24) is 5.32 Å². The van der Waals surface area contributed by atoms with Crippen LogP contribution in [-0.4, -0.2) is 49.0 Å². The minimum absolute atomic E-state index is 0.152. The van der Waals surface area contributed by atoms with Gasteiger partial charge in [0, 0.05) is 12.6 Å². The fourth-order valence-corrected chi connectivity index (χ4v) is 4.33. The fourth-order valence-electron chi connectivity index (χ4n) is 4.33. The first-order chi connectivity index (χ1) is 15.9. The van der Waals surface area contributed by atoms with Crippen molar-refractivity contribution in [2.75, 3.05) is 6.61 Å². The van der Waals surface area contributed by atoms with Crippen LogP contribution >= 0.6 is 0 Å². The van der Waals surface area contributed by atoms with Crippen molar-refractivity contribution in [2.45, 2.75) is 76.8 Å². The van der Waals surface area contributed by atoms with E-state index in [1.54, 1.807) is 6.92 Å². The molecule has 0 spiro atoms. The van der Waals surface area contributed by atoms with Gasteiger partial charge in [0.25, 0.3) is 0 Å². The zero-order chi connectivity index (χ0) is 23.3. The molecule has 2 saturated heterocycles. The van der Waals surface area contributed by atoms with Crippen molar-refractivity contribution < 1.29 is 28.5 Å². The molecule has 0 amide bonds. The number of carbonyl (C=O) groups is 1. The summed E-state index contributed by atoms with van der Waals surface area (Å²) in [5.74, 6) is -1.05. The number of rotatable bonds is 10. The molecule has 0 radical (unpaired) electrons. The van der Waals surface area contributed by atoms with E-state index >= 15 is 0 Å². The van der Waals surface area contributed by atoms with Gasteiger partial charge in [0.05, 0.1) is 19.6 Å². The summed E-state index contributed by atoms with van der Waals surface area (Å²) in [5, 5.41) is 3.49. The maximum atomic E-state index is 12.4. The molecule has 33 heavy (non-hydrogen) atoms. The lowest BCUT2D eigenvalue weighted by Crippen LogP contribution is -2.49. The van der Waals surface area contributed by atoms with Gasteiger partial charge in [-0.25, -0.2) is 0 Å². The lowest BCUT2D eigenvalue weighted by atomic mass is 10.00. The predicted octanol–water partition coefficient (Wildman–Crippen LogP) is 3.56. The molecule has 0 bridgehead atoms. The summed E-state index contributed by atoms with van der Waals surface area (Å²) in [6, 6.07) is 19.7. The molecular weight excluding hydrogens is 422 g/mol. The minimum atomic E-state index is -0.761. The molecule has 0 saturated carbocycles. The zero-order valence-electron chi connectivity index (χ0n) is 19.4. The summed E-state index contributed by atoms with van der Waals surface area (Å²) in [4.78, 5) is 12.4. The van der Waals surface area contributed by atoms with Crippen molar-refractivity contribution >= 4 is 5.97 Å². The average molecular weight is 456 g/mol. The molecule has 0 unspecified atom stereocenters. The van der Waals surface area contributed by atoms with Crippen LogP contribution in [0.15, 0.2) is 60.7 Å². The lowest BCUT2D eigenvalue weighted by Gasteiger charge is -2.31. The first-order valence-corrected chi connectivity index (χ1v) is 11.5. The molecule has 2 aromatic rings. The Hall–Kier alpha value is -2.29. The summed E-state index contributed by atoms with van der Waals surface area (Å²) in [7, 11) is 0. The minimum Gasteiger partial charge on any atom is -0.466 e. The number of nitrogens with one attached hydrogen (secondary N) is 1. The van der Waals surface area contributed by atoms with Crippen molar-refractivity contribution in [1.29, 1.82) is 0 Å². The number of carbonyl (C=O) groups excluding carboxylic acids is 1. The Morgan fingerprint density at radius 1 is 1.03 bits per heavy atom. The highest BCUT2D eigenvalue weighted by molar-refractivity contribution is 5.70. The van der Waals surface area contributed by atoms with E-state index in [-0.39, 0.29) is 18.4 Å². The number of hydrogen-bond acceptors (Lipinski definition) is 7. The Balaban J connectivity index is 1.53. The average Bonchev–Trinajstić information content (AvgIpc) is 3.28. The molecule has 2 fully saturated rings. The van der Waals surface area contributed by atoms with E-state index in [0.29, 0.717) is 19.8 Å². The van der Waals surface area contributed by atoms with E-state index < -0.39 is 30.4 Å². The first-order valence-electron chi connectivity index (χ1n) is 11.5. The van der Waals surface area contributed by atoms with Gasteiger partial charge in [-0.15, -0.1) is 0 Å². The van der Waals surface area contributed by atoms with Crippen molar-refractivity contribution in [3.63, 3.8) is 0 Å². The van der Waals surface area contributed by atoms with Gasteiger partial charge in [0.2, 0.25) is 0 Å². The van der Waals surface area contributed by atoms with Gasteiger partial charge in [0.15, 0.2) is 12.1 Å². The number of fused-ring (bicyclic) bond motifs is 1. The van der Waals surface area contributed by atoms with Gasteiger partial charge in [0.1, 0.15) is 18.3 Å². The van der Waals surface area contributed by atoms with Crippen molar-refractivity contribution in [3.05, 3.63) is 71.8 Å². The quantitative estimate of drug-likeness (QED) is 0.549. The second kappa shape index (κ2) is 10.8. The van der Waals surface area contributed by atoms with Gasteiger partial charge in [-0.3, -0.25) is 4.79 Å². The molecule has 7 nitrogen and oxygen atoms in total. The van der Waals surface area contributed by atoms with Crippen LogP contribution in [0, 0.1) is 0 Å². The maximum Gasteiger partial charge on any atom is 0.307 e. The third-order valence-corrected chi connectivity index (χ3v) is 5.81. The van der Waals surface area contributed by atoms with Gasteiger partial charge in [-0.05, 0) is 31.9 Å². The largest absolute Gasteiger partial charge is 0.466 e. The molecule has 178 valence electrons. The van der Waals surface area contributed by atoms with Crippen LogP contribution in [0.4, 0.5) is 0 Å². The van der Waals surface area contributed by atoms with Crippen LogP contribution in [0.25, 0.3) is 0 Å². The van der Waals surface area contributed by atoms with Crippen LogP contribution < -0.4 is 5.32 Å². The number of hydrogen-bond donors (Lipinski definition) is 1. The molecule has 0 aromatic heterocycles. The summed E-state index contributed by atoms with van der Waals surface area (Å²) in [6.07, 6.45) is -1.67. The van der Waals surface area contributed by atoms with Gasteiger partial charge >= 0.3 is 5.97 Å². The SMILES string of the molecule is CCOC(=O)C[C@@H](NCc1ccccc1)[C@H]1O[C@@H]2OC(C)(C)O[C@@H]2[C@H]1OCc1ccccc1. The Morgan fingerprint density at radius 3 is 2.36 bits per heavy atom.